The van der Waals surface area contributed by atoms with Crippen LogP contribution in [0.1, 0.15) is 19.8 Å². The van der Waals surface area contributed by atoms with Crippen LogP contribution in [0, 0.1) is 0 Å². The van der Waals surface area contributed by atoms with Gasteiger partial charge in [0.25, 0.3) is 0 Å². The average Bonchev–Trinajstić information content (AvgIpc) is 3.32. The van der Waals surface area contributed by atoms with Crippen molar-refractivity contribution in [3.63, 3.8) is 0 Å². The molecule has 1 saturated heterocycles. The molecule has 1 atom stereocenters. The van der Waals surface area contributed by atoms with E-state index in [-0.39, 0.29) is 11.2 Å². The molecule has 1 aromatic carbocycles. The minimum atomic E-state index is -0.202. The van der Waals surface area contributed by atoms with Crippen LogP contribution in [0.25, 0.3) is 11.4 Å². The third kappa shape index (κ3) is 3.77. The van der Waals surface area contributed by atoms with Gasteiger partial charge < -0.3 is 9.64 Å². The largest absolute Gasteiger partial charge is 0.496 e. The minimum Gasteiger partial charge on any atom is -0.496 e. The normalized spacial score (nSPS) is 15.1. The molecular weight excluding hydrogens is 348 g/mol. The van der Waals surface area contributed by atoms with E-state index < -0.39 is 0 Å². The Morgan fingerprint density at radius 1 is 1.35 bits per heavy atom. The van der Waals surface area contributed by atoms with Crippen LogP contribution in [-0.2, 0) is 11.3 Å². The monoisotopic (exact) mass is 372 g/mol. The molecule has 0 radical (unpaired) electrons. The van der Waals surface area contributed by atoms with Gasteiger partial charge in [-0.3, -0.25) is 9.36 Å². The van der Waals surface area contributed by atoms with Crippen molar-refractivity contribution in [2.75, 3.05) is 20.2 Å². The third-order valence-electron chi connectivity index (χ3n) is 4.42. The van der Waals surface area contributed by atoms with Gasteiger partial charge in [-0.15, -0.1) is 16.8 Å². The van der Waals surface area contributed by atoms with Crippen LogP contribution in [0.15, 0.2) is 42.1 Å². The van der Waals surface area contributed by atoms with E-state index in [1.807, 2.05) is 40.7 Å². The lowest BCUT2D eigenvalue weighted by Gasteiger charge is -2.19. The predicted molar refractivity (Wildman–Crippen MR) is 103 cm³/mol. The molecule has 1 aliphatic heterocycles. The number of methoxy groups -OCH3 is 1. The van der Waals surface area contributed by atoms with Gasteiger partial charge >= 0.3 is 0 Å². The first-order valence-electron chi connectivity index (χ1n) is 8.78. The zero-order valence-corrected chi connectivity index (χ0v) is 16.0. The number of amides is 1. The zero-order valence-electron chi connectivity index (χ0n) is 15.2. The number of para-hydroxylation sites is 1. The maximum atomic E-state index is 12.6. The summed E-state index contributed by atoms with van der Waals surface area (Å²) >= 11 is 1.44. The number of hydrogen-bond acceptors (Lipinski definition) is 5. The quantitative estimate of drug-likeness (QED) is 0.552. The Morgan fingerprint density at radius 3 is 2.77 bits per heavy atom. The smallest absolute Gasteiger partial charge is 0.235 e. The highest BCUT2D eigenvalue weighted by Crippen LogP contribution is 2.32. The SMILES string of the molecule is C=CCn1c(S[C@@H](C)C(=O)N2CCCC2)nnc1-c1ccccc1OC. The van der Waals surface area contributed by atoms with Gasteiger partial charge in [0.1, 0.15) is 5.75 Å². The Balaban J connectivity index is 1.87. The highest BCUT2D eigenvalue weighted by atomic mass is 32.2. The number of thioether (sulfide) groups is 1. The fraction of sp³-hybridized carbons (Fsp3) is 0.421. The van der Waals surface area contributed by atoms with Gasteiger partial charge in [-0.05, 0) is 31.9 Å². The molecular formula is C19H24N4O2S. The highest BCUT2D eigenvalue weighted by Gasteiger charge is 2.26. The number of benzene rings is 1. The van der Waals surface area contributed by atoms with E-state index in [0.717, 1.165) is 37.2 Å². The van der Waals surface area contributed by atoms with Crippen molar-refractivity contribution >= 4 is 17.7 Å². The third-order valence-corrected chi connectivity index (χ3v) is 5.49. The van der Waals surface area contributed by atoms with Crippen molar-refractivity contribution < 1.29 is 9.53 Å². The van der Waals surface area contributed by atoms with Crippen LogP contribution in [0.4, 0.5) is 0 Å². The first-order chi connectivity index (χ1) is 12.7. The maximum absolute atomic E-state index is 12.6. The van der Waals surface area contributed by atoms with E-state index in [1.165, 1.54) is 11.8 Å². The Bertz CT molecular complexity index is 784. The first kappa shape index (κ1) is 18.5. The zero-order chi connectivity index (χ0) is 18.5. The number of hydrogen-bond donors (Lipinski definition) is 0. The molecule has 2 heterocycles. The molecule has 1 aromatic heterocycles. The Morgan fingerprint density at radius 2 is 2.08 bits per heavy atom. The van der Waals surface area contributed by atoms with Gasteiger partial charge in [0.05, 0.1) is 17.9 Å². The molecule has 1 amide bonds. The van der Waals surface area contributed by atoms with Crippen molar-refractivity contribution in [3.8, 4) is 17.1 Å². The molecule has 0 saturated carbocycles. The van der Waals surface area contributed by atoms with Crippen LogP contribution in [0.3, 0.4) is 0 Å². The number of likely N-dealkylation sites (tertiary alicyclic amines) is 1. The molecule has 1 aliphatic rings. The Hall–Kier alpha value is -2.28. The molecule has 0 aliphatic carbocycles. The Kier molecular flexibility index (Phi) is 5.98. The summed E-state index contributed by atoms with van der Waals surface area (Å²) in [5.41, 5.74) is 0.870. The lowest BCUT2D eigenvalue weighted by molar-refractivity contribution is -0.129. The van der Waals surface area contributed by atoms with Crippen LogP contribution in [0.5, 0.6) is 5.75 Å². The van der Waals surface area contributed by atoms with Gasteiger partial charge in [0.2, 0.25) is 5.91 Å². The molecule has 26 heavy (non-hydrogen) atoms. The highest BCUT2D eigenvalue weighted by molar-refractivity contribution is 8.00. The fourth-order valence-corrected chi connectivity index (χ4v) is 4.04. The second-order valence-corrected chi connectivity index (χ2v) is 7.51. The summed E-state index contributed by atoms with van der Waals surface area (Å²) in [7, 11) is 1.64. The van der Waals surface area contributed by atoms with E-state index in [1.54, 1.807) is 13.2 Å². The van der Waals surface area contributed by atoms with Crippen LogP contribution >= 0.6 is 11.8 Å². The first-order valence-corrected chi connectivity index (χ1v) is 9.66. The molecule has 0 unspecified atom stereocenters. The topological polar surface area (TPSA) is 60.2 Å². The summed E-state index contributed by atoms with van der Waals surface area (Å²) in [6.07, 6.45) is 3.99. The minimum absolute atomic E-state index is 0.166. The van der Waals surface area contributed by atoms with E-state index in [0.29, 0.717) is 17.5 Å². The van der Waals surface area contributed by atoms with Gasteiger partial charge in [-0.25, -0.2) is 0 Å². The van der Waals surface area contributed by atoms with E-state index in [2.05, 4.69) is 16.8 Å². The molecule has 0 N–H and O–H groups in total. The molecule has 7 heteroatoms. The lowest BCUT2D eigenvalue weighted by Crippen LogP contribution is -2.34. The van der Waals surface area contributed by atoms with E-state index in [9.17, 15) is 4.79 Å². The number of allylic oxidation sites excluding steroid dienone is 1. The van der Waals surface area contributed by atoms with Crippen LogP contribution in [0.2, 0.25) is 0 Å². The summed E-state index contributed by atoms with van der Waals surface area (Å²) in [4.78, 5) is 14.5. The number of ether oxygens (including phenoxy) is 1. The Labute approximate surface area is 158 Å². The van der Waals surface area contributed by atoms with E-state index in [4.69, 9.17) is 4.74 Å². The average molecular weight is 372 g/mol. The van der Waals surface area contributed by atoms with Gasteiger partial charge in [0, 0.05) is 19.6 Å². The standard InChI is InChI=1S/C19H24N4O2S/c1-4-11-23-17(15-9-5-6-10-16(15)25-3)20-21-19(23)26-14(2)18(24)22-12-7-8-13-22/h4-6,9-10,14H,1,7-8,11-13H2,2-3H3/t14-/m0/s1. The fourth-order valence-electron chi connectivity index (χ4n) is 3.10. The predicted octanol–water partition coefficient (Wildman–Crippen LogP) is 3.24. The number of nitrogens with zero attached hydrogens (tertiary/aromatic N) is 4. The second-order valence-electron chi connectivity index (χ2n) is 6.20. The molecule has 1 fully saturated rings. The molecule has 0 bridgehead atoms. The summed E-state index contributed by atoms with van der Waals surface area (Å²) in [5, 5.41) is 9.21. The van der Waals surface area contributed by atoms with Crippen LogP contribution in [-0.4, -0.2) is 51.0 Å². The molecule has 6 nitrogen and oxygen atoms in total. The van der Waals surface area contributed by atoms with Crippen molar-refractivity contribution in [3.05, 3.63) is 36.9 Å². The number of aromatic nitrogens is 3. The second kappa shape index (κ2) is 8.40. The lowest BCUT2D eigenvalue weighted by atomic mass is 10.2. The summed E-state index contributed by atoms with van der Waals surface area (Å²) in [5.74, 6) is 1.62. The van der Waals surface area contributed by atoms with Gasteiger partial charge in [-0.1, -0.05) is 30.0 Å². The molecule has 3 rings (SSSR count). The number of carbonyl (C=O) groups is 1. The van der Waals surface area contributed by atoms with Crippen molar-refractivity contribution in [1.29, 1.82) is 0 Å². The maximum Gasteiger partial charge on any atom is 0.235 e. The van der Waals surface area contributed by atoms with Crippen LogP contribution < -0.4 is 4.74 Å². The summed E-state index contributed by atoms with van der Waals surface area (Å²) in [6.45, 7) is 8.05. The van der Waals surface area contributed by atoms with Crippen molar-refractivity contribution in [2.45, 2.75) is 36.7 Å². The number of rotatable bonds is 7. The van der Waals surface area contributed by atoms with E-state index >= 15 is 0 Å². The molecule has 2 aromatic rings. The molecule has 138 valence electrons. The van der Waals surface area contributed by atoms with Crippen molar-refractivity contribution in [1.82, 2.24) is 19.7 Å². The number of carbonyl (C=O) groups excluding carboxylic acids is 1. The summed E-state index contributed by atoms with van der Waals surface area (Å²) in [6, 6.07) is 7.71. The van der Waals surface area contributed by atoms with Gasteiger partial charge in [-0.2, -0.15) is 0 Å². The van der Waals surface area contributed by atoms with Crippen molar-refractivity contribution in [2.24, 2.45) is 0 Å². The molecule has 0 spiro atoms. The summed E-state index contributed by atoms with van der Waals surface area (Å²) < 4.78 is 7.43. The van der Waals surface area contributed by atoms with Gasteiger partial charge in [0.15, 0.2) is 11.0 Å².